The number of carbonyl (C=O) groups is 1. The second kappa shape index (κ2) is 4.43. The van der Waals surface area contributed by atoms with Crippen LogP contribution in [0.25, 0.3) is 4.96 Å². The molecule has 1 N–H and O–H groups in total. The van der Waals surface area contributed by atoms with Crippen LogP contribution < -0.4 is 5.32 Å². The summed E-state index contributed by atoms with van der Waals surface area (Å²) in [5.41, 5.74) is 1.17. The van der Waals surface area contributed by atoms with Gasteiger partial charge in [-0.25, -0.2) is 8.91 Å². The van der Waals surface area contributed by atoms with Gasteiger partial charge >= 0.3 is 0 Å². The smallest absolute Gasteiger partial charge is 0.258 e. The average molecular weight is 276 g/mol. The number of anilines is 1. The third-order valence-electron chi connectivity index (χ3n) is 2.56. The molecule has 7 heteroatoms. The summed E-state index contributed by atoms with van der Waals surface area (Å²) in [6, 6.07) is 5.46. The molecule has 3 aromatic rings. The van der Waals surface area contributed by atoms with Gasteiger partial charge in [-0.05, 0) is 25.1 Å². The Balaban J connectivity index is 1.86. The maximum absolute atomic E-state index is 13.0. The lowest BCUT2D eigenvalue weighted by Crippen LogP contribution is -2.13. The number of fused-ring (bicyclic) bond motifs is 1. The van der Waals surface area contributed by atoms with Crippen LogP contribution in [0, 0.1) is 12.7 Å². The van der Waals surface area contributed by atoms with Gasteiger partial charge in [0.25, 0.3) is 11.9 Å². The third kappa shape index (κ3) is 2.19. The number of nitrogens with one attached hydrogen (secondary N) is 1. The molecule has 0 aliphatic carbocycles. The Bertz CT molecular complexity index is 764. The maximum atomic E-state index is 13.0. The van der Waals surface area contributed by atoms with Crippen molar-refractivity contribution in [3.8, 4) is 0 Å². The molecule has 1 aromatic carbocycles. The molecule has 2 aromatic heterocycles. The molecule has 0 saturated heterocycles. The number of benzene rings is 1. The SMILES string of the molecule is Cc1csc2nc(NC(=O)c3cccc(F)c3)nn12. The van der Waals surface area contributed by atoms with Crippen molar-refractivity contribution in [3.63, 3.8) is 0 Å². The van der Waals surface area contributed by atoms with Gasteiger partial charge in [0.15, 0.2) is 0 Å². The van der Waals surface area contributed by atoms with E-state index in [-0.39, 0.29) is 11.5 Å². The molecule has 0 atom stereocenters. The molecule has 19 heavy (non-hydrogen) atoms. The molecule has 0 fully saturated rings. The normalized spacial score (nSPS) is 10.8. The summed E-state index contributed by atoms with van der Waals surface area (Å²) >= 11 is 1.44. The predicted molar refractivity (Wildman–Crippen MR) is 70.0 cm³/mol. The van der Waals surface area contributed by atoms with E-state index in [1.54, 1.807) is 4.52 Å². The zero-order chi connectivity index (χ0) is 13.4. The second-order valence-electron chi connectivity index (χ2n) is 3.97. The minimum atomic E-state index is -0.456. The summed E-state index contributed by atoms with van der Waals surface area (Å²) in [7, 11) is 0. The highest BCUT2D eigenvalue weighted by molar-refractivity contribution is 7.15. The van der Waals surface area contributed by atoms with Crippen molar-refractivity contribution in [3.05, 3.63) is 46.7 Å². The fraction of sp³-hybridized carbons (Fsp3) is 0.0833. The Hall–Kier alpha value is -2.28. The zero-order valence-corrected chi connectivity index (χ0v) is 10.7. The number of halogens is 1. The van der Waals surface area contributed by atoms with Gasteiger partial charge in [-0.2, -0.15) is 4.98 Å². The molecule has 0 bridgehead atoms. The van der Waals surface area contributed by atoms with E-state index in [0.717, 1.165) is 5.69 Å². The first-order valence-corrected chi connectivity index (χ1v) is 6.39. The van der Waals surface area contributed by atoms with Crippen LogP contribution in [0.2, 0.25) is 0 Å². The molecule has 0 spiro atoms. The summed E-state index contributed by atoms with van der Waals surface area (Å²) in [5.74, 6) is -0.679. The number of rotatable bonds is 2. The van der Waals surface area contributed by atoms with E-state index in [4.69, 9.17) is 0 Å². The standard InChI is InChI=1S/C12H9FN4OS/c1-7-6-19-12-15-11(16-17(7)12)14-10(18)8-3-2-4-9(13)5-8/h2-6H,1H3,(H,14,16,18). The van der Waals surface area contributed by atoms with E-state index in [0.29, 0.717) is 4.96 Å². The number of aryl methyl sites for hydroxylation is 1. The van der Waals surface area contributed by atoms with Crippen molar-refractivity contribution in [2.75, 3.05) is 5.32 Å². The number of carbonyl (C=O) groups excluding carboxylic acids is 1. The third-order valence-corrected chi connectivity index (χ3v) is 3.49. The van der Waals surface area contributed by atoms with E-state index in [1.807, 2.05) is 12.3 Å². The van der Waals surface area contributed by atoms with Gasteiger partial charge in [0.1, 0.15) is 5.82 Å². The minimum absolute atomic E-state index is 0.212. The van der Waals surface area contributed by atoms with Crippen LogP contribution in [0.5, 0.6) is 0 Å². The van der Waals surface area contributed by atoms with Crippen molar-refractivity contribution in [2.24, 2.45) is 0 Å². The highest BCUT2D eigenvalue weighted by Gasteiger charge is 2.12. The molecule has 0 saturated carbocycles. The van der Waals surface area contributed by atoms with Crippen LogP contribution in [0.3, 0.4) is 0 Å². The van der Waals surface area contributed by atoms with Crippen molar-refractivity contribution >= 4 is 28.2 Å². The van der Waals surface area contributed by atoms with Crippen LogP contribution in [-0.4, -0.2) is 20.5 Å². The first-order chi connectivity index (χ1) is 9.13. The molecule has 2 heterocycles. The first-order valence-electron chi connectivity index (χ1n) is 5.51. The van der Waals surface area contributed by atoms with Gasteiger partial charge in [-0.15, -0.1) is 16.4 Å². The number of aromatic nitrogens is 3. The molecular weight excluding hydrogens is 267 g/mol. The Kier molecular flexibility index (Phi) is 2.75. The fourth-order valence-corrected chi connectivity index (χ4v) is 2.45. The van der Waals surface area contributed by atoms with Gasteiger partial charge < -0.3 is 0 Å². The van der Waals surface area contributed by atoms with Gasteiger partial charge in [0, 0.05) is 10.9 Å². The van der Waals surface area contributed by atoms with Crippen molar-refractivity contribution < 1.29 is 9.18 Å². The van der Waals surface area contributed by atoms with E-state index in [1.165, 1.54) is 35.6 Å². The van der Waals surface area contributed by atoms with E-state index in [9.17, 15) is 9.18 Å². The van der Waals surface area contributed by atoms with Crippen LogP contribution in [0.1, 0.15) is 16.1 Å². The Morgan fingerprint density at radius 3 is 3.05 bits per heavy atom. The number of nitrogens with zero attached hydrogens (tertiary/aromatic N) is 3. The van der Waals surface area contributed by atoms with Gasteiger partial charge in [-0.3, -0.25) is 10.1 Å². The lowest BCUT2D eigenvalue weighted by atomic mass is 10.2. The molecule has 0 aliphatic rings. The van der Waals surface area contributed by atoms with Crippen LogP contribution in [0.15, 0.2) is 29.6 Å². The van der Waals surface area contributed by atoms with Gasteiger partial charge in [0.2, 0.25) is 4.96 Å². The van der Waals surface area contributed by atoms with Crippen molar-refractivity contribution in [2.45, 2.75) is 6.92 Å². The van der Waals surface area contributed by atoms with Gasteiger partial charge in [-0.1, -0.05) is 6.07 Å². The maximum Gasteiger partial charge on any atom is 0.258 e. The molecule has 96 valence electrons. The number of hydrogen-bond acceptors (Lipinski definition) is 4. The molecule has 3 rings (SSSR count). The van der Waals surface area contributed by atoms with E-state index in [2.05, 4.69) is 15.4 Å². The van der Waals surface area contributed by atoms with Crippen molar-refractivity contribution in [1.82, 2.24) is 14.6 Å². The Labute approximate surface area is 111 Å². The summed E-state index contributed by atoms with van der Waals surface area (Å²) < 4.78 is 14.7. The molecule has 5 nitrogen and oxygen atoms in total. The molecular formula is C12H9FN4OS. The molecule has 0 radical (unpaired) electrons. The lowest BCUT2D eigenvalue weighted by Gasteiger charge is -2.00. The Morgan fingerprint density at radius 2 is 2.32 bits per heavy atom. The lowest BCUT2D eigenvalue weighted by molar-refractivity contribution is 0.102. The summed E-state index contributed by atoms with van der Waals surface area (Å²) in [4.78, 5) is 16.8. The number of amides is 1. The Morgan fingerprint density at radius 1 is 1.47 bits per heavy atom. The summed E-state index contributed by atoms with van der Waals surface area (Å²) in [5, 5.41) is 8.62. The molecule has 0 aliphatic heterocycles. The second-order valence-corrected chi connectivity index (χ2v) is 4.81. The fourth-order valence-electron chi connectivity index (χ4n) is 1.65. The van der Waals surface area contributed by atoms with Crippen LogP contribution in [-0.2, 0) is 0 Å². The quantitative estimate of drug-likeness (QED) is 0.782. The highest BCUT2D eigenvalue weighted by atomic mass is 32.1. The summed E-state index contributed by atoms with van der Waals surface area (Å²) in [6.45, 7) is 1.90. The first kappa shape index (κ1) is 11.8. The molecule has 1 amide bonds. The van der Waals surface area contributed by atoms with E-state index >= 15 is 0 Å². The van der Waals surface area contributed by atoms with Crippen LogP contribution >= 0.6 is 11.3 Å². The largest absolute Gasteiger partial charge is 0.289 e. The number of thiazole rings is 1. The summed E-state index contributed by atoms with van der Waals surface area (Å²) in [6.07, 6.45) is 0. The topological polar surface area (TPSA) is 59.3 Å². The number of hydrogen-bond donors (Lipinski definition) is 1. The molecule has 0 unspecified atom stereocenters. The predicted octanol–water partition coefficient (Wildman–Crippen LogP) is 2.49. The highest BCUT2D eigenvalue weighted by Crippen LogP contribution is 2.15. The van der Waals surface area contributed by atoms with Crippen LogP contribution in [0.4, 0.5) is 10.3 Å². The zero-order valence-electron chi connectivity index (χ0n) is 9.92. The average Bonchev–Trinajstić information content (AvgIpc) is 2.92. The van der Waals surface area contributed by atoms with E-state index < -0.39 is 11.7 Å². The minimum Gasteiger partial charge on any atom is -0.289 e. The monoisotopic (exact) mass is 276 g/mol. The van der Waals surface area contributed by atoms with Gasteiger partial charge in [0.05, 0.1) is 5.69 Å². The van der Waals surface area contributed by atoms with Crippen molar-refractivity contribution in [1.29, 1.82) is 0 Å².